The van der Waals surface area contributed by atoms with E-state index in [9.17, 15) is 9.59 Å². The van der Waals surface area contributed by atoms with Gasteiger partial charge in [-0.25, -0.2) is 4.79 Å². The van der Waals surface area contributed by atoms with Gasteiger partial charge in [-0.1, -0.05) is 0 Å². The Bertz CT molecular complexity index is 520. The number of hydrogen-bond acceptors (Lipinski definition) is 4. The van der Waals surface area contributed by atoms with E-state index in [-0.39, 0.29) is 12.2 Å². The molecule has 0 aliphatic carbocycles. The third-order valence-electron chi connectivity index (χ3n) is 2.96. The molecule has 1 aliphatic rings. The lowest BCUT2D eigenvalue weighted by Gasteiger charge is -2.36. The zero-order valence-electron chi connectivity index (χ0n) is 10.0. The maximum Gasteiger partial charge on any atom is 0.335 e. The zero-order chi connectivity index (χ0) is 14.0. The first kappa shape index (κ1) is 13.8. The van der Waals surface area contributed by atoms with Gasteiger partial charge in [-0.15, -0.1) is 0 Å². The molecule has 1 saturated heterocycles. The van der Waals surface area contributed by atoms with Crippen LogP contribution in [0.3, 0.4) is 0 Å². The molecule has 1 amide bonds. The van der Waals surface area contributed by atoms with Crippen LogP contribution in [0.5, 0.6) is 0 Å². The summed E-state index contributed by atoms with van der Waals surface area (Å²) in [5, 5.41) is 8.92. The van der Waals surface area contributed by atoms with Crippen molar-refractivity contribution in [3.63, 3.8) is 0 Å². The Morgan fingerprint density at radius 2 is 2.21 bits per heavy atom. The van der Waals surface area contributed by atoms with E-state index in [0.717, 1.165) is 5.69 Å². The summed E-state index contributed by atoms with van der Waals surface area (Å²) in [5.74, 6) is -1.46. The summed E-state index contributed by atoms with van der Waals surface area (Å²) in [4.78, 5) is 24.1. The van der Waals surface area contributed by atoms with Crippen LogP contribution < -0.4 is 10.6 Å². The van der Waals surface area contributed by atoms with Crippen LogP contribution in [0, 0.1) is 0 Å². The number of benzene rings is 1. The van der Waals surface area contributed by atoms with Gasteiger partial charge in [-0.05, 0) is 34.1 Å². The van der Waals surface area contributed by atoms with Crippen LogP contribution in [0.15, 0.2) is 22.7 Å². The molecule has 1 atom stereocenters. The lowest BCUT2D eigenvalue weighted by atomic mass is 10.1. The van der Waals surface area contributed by atoms with Crippen LogP contribution in [0.4, 0.5) is 5.69 Å². The molecule has 1 fully saturated rings. The van der Waals surface area contributed by atoms with Gasteiger partial charge < -0.3 is 20.5 Å². The number of carbonyl (C=O) groups is 2. The van der Waals surface area contributed by atoms with E-state index >= 15 is 0 Å². The second-order valence-corrected chi connectivity index (χ2v) is 5.01. The first-order chi connectivity index (χ1) is 9.00. The van der Waals surface area contributed by atoms with Crippen LogP contribution in [0.25, 0.3) is 0 Å². The molecule has 6 nitrogen and oxygen atoms in total. The van der Waals surface area contributed by atoms with Crippen LogP contribution in [0.2, 0.25) is 0 Å². The highest BCUT2D eigenvalue weighted by Crippen LogP contribution is 2.30. The fourth-order valence-corrected chi connectivity index (χ4v) is 2.61. The maximum atomic E-state index is 11.4. The number of amides is 1. The highest BCUT2D eigenvalue weighted by atomic mass is 79.9. The number of anilines is 1. The third-order valence-corrected chi connectivity index (χ3v) is 3.60. The van der Waals surface area contributed by atoms with Crippen molar-refractivity contribution in [3.05, 3.63) is 28.2 Å². The number of ether oxygens (including phenoxy) is 1. The number of rotatable bonds is 3. The van der Waals surface area contributed by atoms with Crippen LogP contribution in [0.1, 0.15) is 10.4 Å². The van der Waals surface area contributed by atoms with E-state index in [1.165, 1.54) is 12.1 Å². The van der Waals surface area contributed by atoms with Gasteiger partial charge in [0.25, 0.3) is 0 Å². The molecule has 1 unspecified atom stereocenters. The van der Waals surface area contributed by atoms with Crippen molar-refractivity contribution in [1.82, 2.24) is 0 Å². The lowest BCUT2D eigenvalue weighted by Crippen LogP contribution is -2.52. The summed E-state index contributed by atoms with van der Waals surface area (Å²) < 4.78 is 5.86. The number of nitrogens with two attached hydrogens (primary N) is 1. The summed E-state index contributed by atoms with van der Waals surface area (Å²) in [6, 6.07) is 4.12. The first-order valence-corrected chi connectivity index (χ1v) is 6.46. The quantitative estimate of drug-likeness (QED) is 0.857. The summed E-state index contributed by atoms with van der Waals surface area (Å²) in [6.07, 6.45) is 0. The Morgan fingerprint density at radius 1 is 1.47 bits per heavy atom. The number of carboxylic acids is 1. The molecule has 0 radical (unpaired) electrons. The van der Waals surface area contributed by atoms with E-state index in [2.05, 4.69) is 15.9 Å². The van der Waals surface area contributed by atoms with Crippen molar-refractivity contribution in [3.8, 4) is 0 Å². The number of hydrogen-bond donors (Lipinski definition) is 2. The number of primary amides is 1. The molecule has 7 heteroatoms. The van der Waals surface area contributed by atoms with Gasteiger partial charge in [0.2, 0.25) is 5.91 Å². The minimum Gasteiger partial charge on any atom is -0.478 e. The maximum absolute atomic E-state index is 11.4. The van der Waals surface area contributed by atoms with Gasteiger partial charge >= 0.3 is 5.97 Å². The fraction of sp³-hybridized carbons (Fsp3) is 0.333. The van der Waals surface area contributed by atoms with Crippen molar-refractivity contribution >= 4 is 33.5 Å². The largest absolute Gasteiger partial charge is 0.478 e. The molecular weight excluding hydrogens is 316 g/mol. The molecular formula is C12H13BrN2O4. The van der Waals surface area contributed by atoms with Crippen molar-refractivity contribution < 1.29 is 19.4 Å². The number of aromatic carboxylic acids is 1. The molecule has 0 spiro atoms. The second kappa shape index (κ2) is 5.58. The average Bonchev–Trinajstić information content (AvgIpc) is 2.38. The SMILES string of the molecule is NC(=O)C1COCCN1c1ccc(C(=O)O)cc1Br. The van der Waals surface area contributed by atoms with Crippen molar-refractivity contribution in [2.45, 2.75) is 6.04 Å². The average molecular weight is 329 g/mol. The van der Waals surface area contributed by atoms with Crippen molar-refractivity contribution in [2.75, 3.05) is 24.7 Å². The lowest BCUT2D eigenvalue weighted by molar-refractivity contribution is -0.121. The number of morpholine rings is 1. The standard InChI is InChI=1S/C12H13BrN2O4/c13-8-5-7(12(17)18)1-2-9(8)15-3-4-19-6-10(15)11(14)16/h1-2,5,10H,3-4,6H2,(H2,14,16)(H,17,18). The highest BCUT2D eigenvalue weighted by molar-refractivity contribution is 9.10. The molecule has 0 aromatic heterocycles. The first-order valence-electron chi connectivity index (χ1n) is 5.67. The van der Waals surface area contributed by atoms with E-state index in [1.807, 2.05) is 4.90 Å². The fourth-order valence-electron chi connectivity index (χ4n) is 2.00. The molecule has 1 aromatic rings. The summed E-state index contributed by atoms with van der Waals surface area (Å²) in [5.41, 5.74) is 6.27. The molecule has 2 rings (SSSR count). The Labute approximate surface area is 118 Å². The highest BCUT2D eigenvalue weighted by Gasteiger charge is 2.29. The Morgan fingerprint density at radius 3 is 2.79 bits per heavy atom. The minimum absolute atomic E-state index is 0.180. The van der Waals surface area contributed by atoms with E-state index in [1.54, 1.807) is 6.07 Å². The predicted octanol–water partition coefficient (Wildman–Crippen LogP) is 0.838. The molecule has 1 heterocycles. The molecule has 1 aromatic carbocycles. The topological polar surface area (TPSA) is 92.9 Å². The number of carbonyl (C=O) groups excluding carboxylic acids is 1. The van der Waals surface area contributed by atoms with Crippen LogP contribution >= 0.6 is 15.9 Å². The number of carboxylic acid groups (broad SMARTS) is 1. The van der Waals surface area contributed by atoms with Gasteiger partial charge in [0, 0.05) is 11.0 Å². The third kappa shape index (κ3) is 2.87. The van der Waals surface area contributed by atoms with Gasteiger partial charge in [0.15, 0.2) is 0 Å². The van der Waals surface area contributed by atoms with Crippen molar-refractivity contribution in [1.29, 1.82) is 0 Å². The Hall–Kier alpha value is -1.60. The second-order valence-electron chi connectivity index (χ2n) is 4.16. The van der Waals surface area contributed by atoms with E-state index in [4.69, 9.17) is 15.6 Å². The monoisotopic (exact) mass is 328 g/mol. The van der Waals surface area contributed by atoms with Crippen LogP contribution in [-0.2, 0) is 9.53 Å². The number of nitrogens with zero attached hydrogens (tertiary/aromatic N) is 1. The van der Waals surface area contributed by atoms with Gasteiger partial charge in [0.1, 0.15) is 6.04 Å². The molecule has 102 valence electrons. The van der Waals surface area contributed by atoms with Crippen molar-refractivity contribution in [2.24, 2.45) is 5.73 Å². The van der Waals surface area contributed by atoms with E-state index < -0.39 is 17.9 Å². The predicted molar refractivity (Wildman–Crippen MR) is 72.2 cm³/mol. The van der Waals surface area contributed by atoms with Gasteiger partial charge in [0.05, 0.1) is 24.5 Å². The van der Waals surface area contributed by atoms with E-state index in [0.29, 0.717) is 17.6 Å². The normalized spacial score (nSPS) is 19.2. The number of halogens is 1. The molecule has 0 bridgehead atoms. The molecule has 1 aliphatic heterocycles. The summed E-state index contributed by atoms with van der Waals surface area (Å²) >= 11 is 3.33. The Kier molecular flexibility index (Phi) is 4.06. The molecule has 3 N–H and O–H groups in total. The van der Waals surface area contributed by atoms with Gasteiger partial charge in [-0.3, -0.25) is 4.79 Å². The Balaban J connectivity index is 2.34. The summed E-state index contributed by atoms with van der Waals surface area (Å²) in [7, 11) is 0. The minimum atomic E-state index is -0.999. The van der Waals surface area contributed by atoms with Crippen LogP contribution in [-0.4, -0.2) is 42.8 Å². The zero-order valence-corrected chi connectivity index (χ0v) is 11.6. The summed E-state index contributed by atoms with van der Waals surface area (Å²) in [6.45, 7) is 1.26. The molecule has 0 saturated carbocycles. The van der Waals surface area contributed by atoms with Gasteiger partial charge in [-0.2, -0.15) is 0 Å². The molecule has 19 heavy (non-hydrogen) atoms. The smallest absolute Gasteiger partial charge is 0.335 e.